The maximum atomic E-state index is 13.1. The summed E-state index contributed by atoms with van der Waals surface area (Å²) < 4.78 is 40.9. The predicted molar refractivity (Wildman–Crippen MR) is 116 cm³/mol. The van der Waals surface area contributed by atoms with Crippen molar-refractivity contribution in [2.45, 2.75) is 19.3 Å². The van der Waals surface area contributed by atoms with Gasteiger partial charge in [-0.1, -0.05) is 41.9 Å². The summed E-state index contributed by atoms with van der Waals surface area (Å²) in [5.41, 5.74) is 0.989. The molecule has 0 spiro atoms. The minimum Gasteiger partial charge on any atom is -0.348 e. The fourth-order valence-corrected chi connectivity index (χ4v) is 3.59. The number of hydrogen-bond donors (Lipinski definition) is 2. The molecule has 4 aromatic rings. The van der Waals surface area contributed by atoms with Gasteiger partial charge in [0, 0.05) is 17.1 Å². The molecule has 164 valence electrons. The number of nitrogens with one attached hydrogen (secondary N) is 2. The van der Waals surface area contributed by atoms with E-state index in [1.54, 1.807) is 18.2 Å². The highest BCUT2D eigenvalue weighted by Gasteiger charge is 2.32. The lowest BCUT2D eigenvalue weighted by Crippen LogP contribution is -2.24. The van der Waals surface area contributed by atoms with E-state index in [0.29, 0.717) is 22.6 Å². The first-order valence-electron chi connectivity index (χ1n) is 9.63. The Bertz CT molecular complexity index is 1340. The van der Waals surface area contributed by atoms with Crippen molar-refractivity contribution in [1.29, 1.82) is 0 Å². The van der Waals surface area contributed by atoms with E-state index in [1.807, 2.05) is 12.1 Å². The van der Waals surface area contributed by atoms with Gasteiger partial charge in [-0.05, 0) is 47.5 Å². The Morgan fingerprint density at radius 3 is 2.47 bits per heavy atom. The maximum Gasteiger partial charge on any atom is 0.416 e. The topological polar surface area (TPSA) is 66.9 Å². The number of carbonyl (C=O) groups excluding carboxylic acids is 1. The van der Waals surface area contributed by atoms with E-state index in [-0.39, 0.29) is 23.4 Å². The van der Waals surface area contributed by atoms with Crippen molar-refractivity contribution in [1.82, 2.24) is 14.9 Å². The summed E-state index contributed by atoms with van der Waals surface area (Å²) >= 11 is 5.89. The molecular formula is C23H17ClF3N3O2. The van der Waals surface area contributed by atoms with E-state index >= 15 is 0 Å². The average Bonchev–Trinajstić information content (AvgIpc) is 3.07. The number of halogens is 4. The van der Waals surface area contributed by atoms with Gasteiger partial charge in [0.1, 0.15) is 0 Å². The zero-order valence-electron chi connectivity index (χ0n) is 16.5. The first kappa shape index (κ1) is 21.7. The lowest BCUT2D eigenvalue weighted by Gasteiger charge is -2.13. The summed E-state index contributed by atoms with van der Waals surface area (Å²) in [6.45, 7) is 0.0381. The van der Waals surface area contributed by atoms with Crippen LogP contribution in [0.3, 0.4) is 0 Å². The highest BCUT2D eigenvalue weighted by Crippen LogP contribution is 2.31. The number of amides is 1. The number of aromatic amines is 1. The second-order valence-electron chi connectivity index (χ2n) is 7.21. The second-order valence-corrected chi connectivity index (χ2v) is 7.65. The van der Waals surface area contributed by atoms with Gasteiger partial charge in [-0.2, -0.15) is 13.2 Å². The molecule has 2 N–H and O–H groups in total. The van der Waals surface area contributed by atoms with Gasteiger partial charge in [-0.15, -0.1) is 0 Å². The smallest absolute Gasteiger partial charge is 0.348 e. The van der Waals surface area contributed by atoms with E-state index < -0.39 is 17.6 Å². The third-order valence-corrected chi connectivity index (χ3v) is 5.30. The lowest BCUT2D eigenvalue weighted by molar-refractivity contribution is -0.138. The van der Waals surface area contributed by atoms with Crippen LogP contribution in [0.15, 0.2) is 71.5 Å². The normalized spacial score (nSPS) is 11.6. The summed E-state index contributed by atoms with van der Waals surface area (Å²) in [5, 5.41) is 3.10. The second kappa shape index (κ2) is 8.55. The Morgan fingerprint density at radius 1 is 1.03 bits per heavy atom. The monoisotopic (exact) mass is 459 g/mol. The predicted octanol–water partition coefficient (Wildman–Crippen LogP) is 4.98. The molecule has 0 saturated carbocycles. The van der Waals surface area contributed by atoms with Gasteiger partial charge in [-0.25, -0.2) is 4.79 Å². The first-order valence-corrected chi connectivity index (χ1v) is 10.0. The Morgan fingerprint density at radius 2 is 1.75 bits per heavy atom. The number of rotatable bonds is 5. The fourth-order valence-electron chi connectivity index (χ4n) is 3.46. The Kier molecular flexibility index (Phi) is 5.80. The van der Waals surface area contributed by atoms with Gasteiger partial charge in [0.15, 0.2) is 0 Å². The number of aromatic nitrogens is 2. The van der Waals surface area contributed by atoms with Crippen LogP contribution in [-0.2, 0) is 19.3 Å². The minimum atomic E-state index is -4.51. The Hall–Kier alpha value is -3.52. The van der Waals surface area contributed by atoms with Gasteiger partial charge in [-0.3, -0.25) is 9.36 Å². The number of H-pyrrole nitrogens is 1. The molecule has 0 atom stereocenters. The average molecular weight is 460 g/mol. The van der Waals surface area contributed by atoms with Gasteiger partial charge < -0.3 is 10.3 Å². The van der Waals surface area contributed by atoms with Crippen molar-refractivity contribution in [2.24, 2.45) is 0 Å². The van der Waals surface area contributed by atoms with Gasteiger partial charge >= 0.3 is 11.9 Å². The molecule has 4 rings (SSSR count). The molecule has 0 saturated heterocycles. The Labute approximate surface area is 185 Å². The van der Waals surface area contributed by atoms with Crippen molar-refractivity contribution < 1.29 is 18.0 Å². The molecule has 9 heteroatoms. The van der Waals surface area contributed by atoms with E-state index in [4.69, 9.17) is 11.6 Å². The standard InChI is InChI=1S/C23H17ClF3N3O2/c24-17-8-5-14(6-9-17)13-30-20-10-7-15(11-19(20)29-22(30)32)21(31)28-12-16-3-1-2-4-18(16)23(25,26)27/h1-11H,12-13H2,(H,28,31)(H,29,32). The molecule has 32 heavy (non-hydrogen) atoms. The number of carbonyl (C=O) groups is 1. The van der Waals surface area contributed by atoms with E-state index in [9.17, 15) is 22.8 Å². The number of imidazole rings is 1. The van der Waals surface area contributed by atoms with Crippen molar-refractivity contribution in [3.63, 3.8) is 0 Å². The molecule has 1 aromatic heterocycles. The number of alkyl halides is 3. The summed E-state index contributed by atoms with van der Waals surface area (Å²) in [4.78, 5) is 27.7. The van der Waals surface area contributed by atoms with Crippen LogP contribution in [0.5, 0.6) is 0 Å². The number of hydrogen-bond acceptors (Lipinski definition) is 2. The quantitative estimate of drug-likeness (QED) is 0.442. The molecule has 1 amide bonds. The highest BCUT2D eigenvalue weighted by molar-refractivity contribution is 6.30. The number of benzene rings is 3. The van der Waals surface area contributed by atoms with Crippen LogP contribution < -0.4 is 11.0 Å². The van der Waals surface area contributed by atoms with E-state index in [1.165, 1.54) is 34.9 Å². The molecular weight excluding hydrogens is 443 g/mol. The summed E-state index contributed by atoms with van der Waals surface area (Å²) in [7, 11) is 0. The van der Waals surface area contributed by atoms with Gasteiger partial charge in [0.2, 0.25) is 0 Å². The number of fused-ring (bicyclic) bond motifs is 1. The molecule has 5 nitrogen and oxygen atoms in total. The summed E-state index contributed by atoms with van der Waals surface area (Å²) in [5.74, 6) is -0.546. The molecule has 0 radical (unpaired) electrons. The maximum absolute atomic E-state index is 13.1. The zero-order valence-corrected chi connectivity index (χ0v) is 17.3. The van der Waals surface area contributed by atoms with Gasteiger partial charge in [0.25, 0.3) is 5.91 Å². The van der Waals surface area contributed by atoms with Crippen LogP contribution in [0.2, 0.25) is 5.02 Å². The highest BCUT2D eigenvalue weighted by atomic mass is 35.5. The van der Waals surface area contributed by atoms with Crippen LogP contribution in [-0.4, -0.2) is 15.5 Å². The minimum absolute atomic E-state index is 0.0306. The molecule has 0 bridgehead atoms. The van der Waals surface area contributed by atoms with Gasteiger partial charge in [0.05, 0.1) is 23.1 Å². The SMILES string of the molecule is O=C(NCc1ccccc1C(F)(F)F)c1ccc2c(c1)[nH]c(=O)n2Cc1ccc(Cl)cc1. The molecule has 0 aliphatic heterocycles. The molecule has 3 aromatic carbocycles. The lowest BCUT2D eigenvalue weighted by atomic mass is 10.1. The largest absolute Gasteiger partial charge is 0.416 e. The third-order valence-electron chi connectivity index (χ3n) is 5.05. The van der Waals surface area contributed by atoms with Crippen LogP contribution in [0.1, 0.15) is 27.0 Å². The van der Waals surface area contributed by atoms with Crippen molar-refractivity contribution in [2.75, 3.05) is 0 Å². The fraction of sp³-hybridized carbons (Fsp3) is 0.130. The van der Waals surface area contributed by atoms with Crippen molar-refractivity contribution in [3.05, 3.63) is 104 Å². The van der Waals surface area contributed by atoms with Crippen LogP contribution in [0.4, 0.5) is 13.2 Å². The zero-order chi connectivity index (χ0) is 22.9. The third kappa shape index (κ3) is 4.55. The summed E-state index contributed by atoms with van der Waals surface area (Å²) in [6, 6.07) is 16.8. The van der Waals surface area contributed by atoms with E-state index in [0.717, 1.165) is 11.6 Å². The van der Waals surface area contributed by atoms with Crippen LogP contribution >= 0.6 is 11.6 Å². The van der Waals surface area contributed by atoms with E-state index in [2.05, 4.69) is 10.3 Å². The molecule has 0 aliphatic carbocycles. The van der Waals surface area contributed by atoms with Crippen molar-refractivity contribution >= 4 is 28.5 Å². The molecule has 0 fully saturated rings. The molecule has 1 heterocycles. The van der Waals surface area contributed by atoms with Crippen LogP contribution in [0, 0.1) is 0 Å². The Balaban J connectivity index is 1.54. The summed E-state index contributed by atoms with van der Waals surface area (Å²) in [6.07, 6.45) is -4.51. The molecule has 0 unspecified atom stereocenters. The molecule has 0 aliphatic rings. The van der Waals surface area contributed by atoms with Crippen LogP contribution in [0.25, 0.3) is 11.0 Å². The number of nitrogens with zero attached hydrogens (tertiary/aromatic N) is 1. The van der Waals surface area contributed by atoms with Crippen molar-refractivity contribution in [3.8, 4) is 0 Å². The first-order chi connectivity index (χ1) is 15.2.